The molecule has 0 unspecified atom stereocenters. The number of esters is 1. The molecule has 0 spiro atoms. The van der Waals surface area contributed by atoms with Crippen molar-refractivity contribution < 1.29 is 19.1 Å². The lowest BCUT2D eigenvalue weighted by atomic mass is 10.1. The van der Waals surface area contributed by atoms with E-state index in [2.05, 4.69) is 0 Å². The highest BCUT2D eigenvalue weighted by molar-refractivity contribution is 7.21. The van der Waals surface area contributed by atoms with E-state index in [1.165, 1.54) is 17.7 Å². The molecule has 0 aliphatic carbocycles. The third kappa shape index (κ3) is 2.93. The summed E-state index contributed by atoms with van der Waals surface area (Å²) < 4.78 is 6.38. The fraction of sp³-hybridized carbons (Fsp3) is 0.0370. The van der Waals surface area contributed by atoms with Gasteiger partial charge in [0.25, 0.3) is 17.4 Å². The van der Waals surface area contributed by atoms with Crippen molar-refractivity contribution in [2.24, 2.45) is 0 Å². The van der Waals surface area contributed by atoms with Crippen LogP contribution in [0.5, 0.6) is 0 Å². The van der Waals surface area contributed by atoms with Gasteiger partial charge in [-0.2, -0.15) is 0 Å². The third-order valence-corrected chi connectivity index (χ3v) is 7.44. The topological polar surface area (TPSA) is 112 Å². The number of imide groups is 1. The van der Waals surface area contributed by atoms with Crippen molar-refractivity contribution in [2.45, 2.75) is 0 Å². The molecule has 5 aromatic rings. The van der Waals surface area contributed by atoms with Gasteiger partial charge in [0, 0.05) is 5.39 Å². The lowest BCUT2D eigenvalue weighted by Crippen LogP contribution is -2.29. The van der Waals surface area contributed by atoms with Gasteiger partial charge in [0.05, 0.1) is 40.7 Å². The van der Waals surface area contributed by atoms with Crippen molar-refractivity contribution in [1.29, 1.82) is 0 Å². The molecule has 2 amide bonds. The van der Waals surface area contributed by atoms with Crippen LogP contribution in [0.1, 0.15) is 30.4 Å². The van der Waals surface area contributed by atoms with Gasteiger partial charge in [-0.05, 0) is 41.8 Å². The Kier molecular flexibility index (Phi) is 4.77. The number of hydrogen-bond donors (Lipinski definition) is 1. The normalized spacial score (nSPS) is 13.0. The molecule has 8 nitrogen and oxygen atoms in total. The van der Waals surface area contributed by atoms with Crippen LogP contribution in [0.2, 0.25) is 0 Å². The van der Waals surface area contributed by atoms with Crippen LogP contribution in [0.3, 0.4) is 0 Å². The summed E-state index contributed by atoms with van der Waals surface area (Å²) in [6, 6.07) is 20.3. The maximum absolute atomic E-state index is 13.9. The summed E-state index contributed by atoms with van der Waals surface area (Å²) in [5.74, 6) is -1.51. The minimum atomic E-state index is -0.600. The molecule has 0 radical (unpaired) electrons. The highest BCUT2D eigenvalue weighted by atomic mass is 32.1. The fourth-order valence-corrected chi connectivity index (χ4v) is 5.78. The number of hydrogen-bond acceptors (Lipinski definition) is 7. The molecule has 0 atom stereocenters. The highest BCUT2D eigenvalue weighted by Gasteiger charge is 2.36. The SMILES string of the molecule is COC(=O)c1sc2c(c1N)c1ccc(N3C(=O)c4ccccc4C3=O)cc1c(=O)n2-c1ccccc1. The second-order valence-corrected chi connectivity index (χ2v) is 9.21. The number of aromatic nitrogens is 1. The number of carbonyl (C=O) groups excluding carboxylic acids is 3. The molecule has 0 bridgehead atoms. The predicted molar refractivity (Wildman–Crippen MR) is 138 cm³/mol. The molecular formula is C27H17N3O5S. The number of fused-ring (bicyclic) bond motifs is 4. The van der Waals surface area contributed by atoms with Gasteiger partial charge in [-0.25, -0.2) is 9.69 Å². The fourth-order valence-electron chi connectivity index (χ4n) is 4.61. The number of nitrogen functional groups attached to an aromatic ring is 1. The van der Waals surface area contributed by atoms with Crippen molar-refractivity contribution in [3.63, 3.8) is 0 Å². The minimum absolute atomic E-state index is 0.188. The standard InChI is InChI=1S/C27H17N3O5S/c1-35-27(34)22-21(28)20-16-12-11-15(29-23(31)17-9-5-6-10-18(17)24(29)32)13-19(16)25(33)30(26(20)36-22)14-7-3-2-4-8-14/h2-13H,28H2,1H3. The smallest absolute Gasteiger partial charge is 0.350 e. The molecule has 6 rings (SSSR count). The van der Waals surface area contributed by atoms with E-state index in [9.17, 15) is 19.2 Å². The summed E-state index contributed by atoms with van der Waals surface area (Å²) in [5.41, 5.74) is 7.71. The molecule has 2 aromatic heterocycles. The van der Waals surface area contributed by atoms with E-state index in [1.807, 2.05) is 6.07 Å². The van der Waals surface area contributed by atoms with Gasteiger partial charge < -0.3 is 10.5 Å². The first-order chi connectivity index (χ1) is 17.4. The quantitative estimate of drug-likeness (QED) is 0.294. The first-order valence-electron chi connectivity index (χ1n) is 10.9. The van der Waals surface area contributed by atoms with Gasteiger partial charge in [-0.15, -0.1) is 11.3 Å². The zero-order valence-electron chi connectivity index (χ0n) is 18.8. The predicted octanol–water partition coefficient (Wildman–Crippen LogP) is 4.37. The Morgan fingerprint density at radius 1 is 0.833 bits per heavy atom. The molecule has 1 aliphatic heterocycles. The lowest BCUT2D eigenvalue weighted by Gasteiger charge is -2.16. The van der Waals surface area contributed by atoms with Crippen LogP contribution in [0.4, 0.5) is 11.4 Å². The van der Waals surface area contributed by atoms with Gasteiger partial charge in [-0.1, -0.05) is 36.4 Å². The Bertz CT molecular complexity index is 1790. The summed E-state index contributed by atoms with van der Waals surface area (Å²) >= 11 is 1.07. The zero-order valence-corrected chi connectivity index (χ0v) is 19.7. The van der Waals surface area contributed by atoms with E-state index in [1.54, 1.807) is 60.7 Å². The number of carbonyl (C=O) groups is 3. The van der Waals surface area contributed by atoms with E-state index in [-0.39, 0.29) is 27.2 Å². The van der Waals surface area contributed by atoms with Crippen molar-refractivity contribution in [3.8, 4) is 5.69 Å². The number of rotatable bonds is 3. The van der Waals surface area contributed by atoms with Crippen LogP contribution in [0.15, 0.2) is 77.6 Å². The number of benzene rings is 3. The van der Waals surface area contributed by atoms with E-state index in [4.69, 9.17) is 10.5 Å². The van der Waals surface area contributed by atoms with Crippen LogP contribution in [-0.4, -0.2) is 29.5 Å². The number of methoxy groups -OCH3 is 1. The summed E-state index contributed by atoms with van der Waals surface area (Å²) in [5, 5.41) is 1.28. The minimum Gasteiger partial charge on any atom is -0.465 e. The number of pyridine rings is 1. The van der Waals surface area contributed by atoms with Gasteiger partial charge in [0.2, 0.25) is 0 Å². The maximum Gasteiger partial charge on any atom is 0.350 e. The van der Waals surface area contributed by atoms with Gasteiger partial charge >= 0.3 is 5.97 Å². The molecule has 2 N–H and O–H groups in total. The number of ether oxygens (including phenoxy) is 1. The third-order valence-electron chi connectivity index (χ3n) is 6.27. The van der Waals surface area contributed by atoms with E-state index in [0.29, 0.717) is 32.4 Å². The van der Waals surface area contributed by atoms with Crippen molar-refractivity contribution in [3.05, 3.63) is 99.2 Å². The average Bonchev–Trinajstić information content (AvgIpc) is 3.38. The first-order valence-corrected chi connectivity index (χ1v) is 11.8. The van der Waals surface area contributed by atoms with Gasteiger partial charge in [0.15, 0.2) is 0 Å². The summed E-state index contributed by atoms with van der Waals surface area (Å²) in [6.07, 6.45) is 0. The lowest BCUT2D eigenvalue weighted by molar-refractivity contribution is 0.0607. The number of nitrogens with zero attached hydrogens (tertiary/aromatic N) is 2. The highest BCUT2D eigenvalue weighted by Crippen LogP contribution is 2.40. The number of amides is 2. The molecule has 3 heterocycles. The number of nitrogens with two attached hydrogens (primary N) is 1. The number of anilines is 2. The number of para-hydroxylation sites is 1. The zero-order chi connectivity index (χ0) is 25.1. The van der Waals surface area contributed by atoms with E-state index in [0.717, 1.165) is 16.2 Å². The van der Waals surface area contributed by atoms with Crippen molar-refractivity contribution >= 4 is 61.5 Å². The average molecular weight is 496 g/mol. The maximum atomic E-state index is 13.9. The summed E-state index contributed by atoms with van der Waals surface area (Å²) in [6.45, 7) is 0. The second-order valence-electron chi connectivity index (χ2n) is 8.21. The van der Waals surface area contributed by atoms with Crippen LogP contribution in [0.25, 0.3) is 26.7 Å². The van der Waals surface area contributed by atoms with Crippen molar-refractivity contribution in [2.75, 3.05) is 17.7 Å². The van der Waals surface area contributed by atoms with E-state index < -0.39 is 17.8 Å². The van der Waals surface area contributed by atoms with Crippen molar-refractivity contribution in [1.82, 2.24) is 4.57 Å². The molecule has 1 aliphatic rings. The summed E-state index contributed by atoms with van der Waals surface area (Å²) in [4.78, 5) is 54.1. The molecule has 9 heteroatoms. The van der Waals surface area contributed by atoms with Crippen LogP contribution < -0.4 is 16.2 Å². The van der Waals surface area contributed by atoms with Crippen LogP contribution in [-0.2, 0) is 4.74 Å². The Morgan fingerprint density at radius 2 is 1.47 bits per heavy atom. The molecule has 3 aromatic carbocycles. The van der Waals surface area contributed by atoms with E-state index >= 15 is 0 Å². The molecule has 36 heavy (non-hydrogen) atoms. The second kappa shape index (κ2) is 7.89. The largest absolute Gasteiger partial charge is 0.465 e. The Hall–Kier alpha value is -4.76. The molecule has 0 saturated carbocycles. The number of thiophene rings is 1. The first kappa shape index (κ1) is 21.8. The molecule has 0 fully saturated rings. The molecule has 176 valence electrons. The van der Waals surface area contributed by atoms with Gasteiger partial charge in [0.1, 0.15) is 9.71 Å². The molecule has 0 saturated heterocycles. The monoisotopic (exact) mass is 495 g/mol. The van der Waals surface area contributed by atoms with Crippen LogP contribution >= 0.6 is 11.3 Å². The summed E-state index contributed by atoms with van der Waals surface area (Å²) in [7, 11) is 1.27. The Balaban J connectivity index is 1.66. The Labute approximate surface area is 207 Å². The Morgan fingerprint density at radius 3 is 2.11 bits per heavy atom. The van der Waals surface area contributed by atoms with Gasteiger partial charge in [-0.3, -0.25) is 19.0 Å². The van der Waals surface area contributed by atoms with Crippen LogP contribution in [0, 0.1) is 0 Å². The molecular weight excluding hydrogens is 478 g/mol.